The number of hydrogen-bond acceptors (Lipinski definition) is 6. The van der Waals surface area contributed by atoms with Gasteiger partial charge in [-0.25, -0.2) is 0 Å². The number of allylic oxidation sites excluding steroid dienone is 24. The first kappa shape index (κ1) is 66.3. The van der Waals surface area contributed by atoms with Crippen LogP contribution in [-0.2, 0) is 28.6 Å². The van der Waals surface area contributed by atoms with Crippen molar-refractivity contribution in [2.75, 3.05) is 13.2 Å². The maximum Gasteiger partial charge on any atom is 0.306 e. The fraction of sp³-hybridized carbons (Fsp3) is 0.585. The van der Waals surface area contributed by atoms with E-state index in [1.807, 2.05) is 0 Å². The monoisotopic (exact) mass is 979 g/mol. The highest BCUT2D eigenvalue weighted by Gasteiger charge is 2.19. The Morgan fingerprint density at radius 2 is 0.549 bits per heavy atom. The molecule has 1 atom stereocenters. The largest absolute Gasteiger partial charge is 0.462 e. The van der Waals surface area contributed by atoms with Crippen LogP contribution in [0, 0.1) is 0 Å². The van der Waals surface area contributed by atoms with E-state index in [1.54, 1.807) is 0 Å². The van der Waals surface area contributed by atoms with Gasteiger partial charge in [-0.3, -0.25) is 14.4 Å². The summed E-state index contributed by atoms with van der Waals surface area (Å²) in [5.74, 6) is -1.00. The smallest absolute Gasteiger partial charge is 0.306 e. The summed E-state index contributed by atoms with van der Waals surface area (Å²) >= 11 is 0. The SMILES string of the molecule is CC/C=C\C/C=C\C/C=C\C/C=C\C/C=C\CCCCCC(=O)OC[C@H](COC(=O)CCCCCCC/C=C\C/C=C\C/C=C\CC)OC(=O)CCCCC/C=C\C/C=C\C/C=C\C/C=C\CCCCC. The number of carbonyl (C=O) groups is 3. The molecule has 0 saturated carbocycles. The van der Waals surface area contributed by atoms with Crippen LogP contribution < -0.4 is 0 Å². The molecule has 0 aliphatic carbocycles. The fourth-order valence-electron chi connectivity index (χ4n) is 7.11. The van der Waals surface area contributed by atoms with E-state index >= 15 is 0 Å². The van der Waals surface area contributed by atoms with Crippen molar-refractivity contribution in [2.45, 2.75) is 232 Å². The standard InChI is InChI=1S/C65H102O6/c1-4-7-10-13-16-19-22-25-28-30-32-34-37-40-43-46-49-52-55-58-64(67)70-61-62(60-69-63(66)57-54-51-48-45-42-39-36-27-24-21-18-15-12-9-6-3)71-65(68)59-56-53-50-47-44-41-38-35-33-31-29-26-23-20-17-14-11-8-5-2/h7,9-10,12,16-21,25-29,32-36,40-41,43-44,62H,4-6,8,11,13-15,22-24,30-31,37-39,42,45-61H2,1-3H3/b10-7-,12-9-,19-16-,20-17-,21-18-,28-25-,29-26-,34-32-,35-33-,36-27-,43-40-,44-41-/t62-/m0/s1. The lowest BCUT2D eigenvalue weighted by Gasteiger charge is -2.18. The molecule has 0 fully saturated rings. The third-order valence-corrected chi connectivity index (χ3v) is 11.3. The van der Waals surface area contributed by atoms with E-state index in [0.717, 1.165) is 154 Å². The average Bonchev–Trinajstić information content (AvgIpc) is 3.37. The number of hydrogen-bond donors (Lipinski definition) is 0. The summed E-state index contributed by atoms with van der Waals surface area (Å²) in [5, 5.41) is 0. The Labute approximate surface area is 436 Å². The normalized spacial score (nSPS) is 13.2. The molecule has 0 heterocycles. The van der Waals surface area contributed by atoms with Crippen LogP contribution in [0.25, 0.3) is 0 Å². The van der Waals surface area contributed by atoms with Gasteiger partial charge in [0.25, 0.3) is 0 Å². The molecule has 0 radical (unpaired) electrons. The predicted octanol–water partition coefficient (Wildman–Crippen LogP) is 19.2. The molecule has 0 aliphatic rings. The van der Waals surface area contributed by atoms with Crippen LogP contribution in [0.15, 0.2) is 146 Å². The minimum atomic E-state index is -0.823. The lowest BCUT2D eigenvalue weighted by atomic mass is 10.1. The molecule has 0 unspecified atom stereocenters. The highest BCUT2D eigenvalue weighted by atomic mass is 16.6. The van der Waals surface area contributed by atoms with Crippen molar-refractivity contribution >= 4 is 17.9 Å². The topological polar surface area (TPSA) is 78.9 Å². The third kappa shape index (κ3) is 56.1. The molecule has 0 aromatic rings. The van der Waals surface area contributed by atoms with Crippen molar-refractivity contribution in [2.24, 2.45) is 0 Å². The van der Waals surface area contributed by atoms with E-state index in [-0.39, 0.29) is 37.5 Å². The first-order valence-corrected chi connectivity index (χ1v) is 28.3. The summed E-state index contributed by atoms with van der Waals surface area (Å²) in [6.45, 7) is 6.30. The highest BCUT2D eigenvalue weighted by molar-refractivity contribution is 5.71. The molecule has 0 aromatic heterocycles. The molecule has 398 valence electrons. The first-order valence-electron chi connectivity index (χ1n) is 28.3. The van der Waals surface area contributed by atoms with E-state index in [0.29, 0.717) is 19.3 Å². The second-order valence-corrected chi connectivity index (χ2v) is 18.1. The van der Waals surface area contributed by atoms with E-state index in [1.165, 1.54) is 25.7 Å². The van der Waals surface area contributed by atoms with Gasteiger partial charge in [0.1, 0.15) is 13.2 Å². The molecule has 0 rings (SSSR count). The zero-order chi connectivity index (χ0) is 51.4. The predicted molar refractivity (Wildman–Crippen MR) is 306 cm³/mol. The fourth-order valence-corrected chi connectivity index (χ4v) is 7.11. The average molecular weight is 980 g/mol. The van der Waals surface area contributed by atoms with Crippen LogP contribution in [0.4, 0.5) is 0 Å². The minimum absolute atomic E-state index is 0.117. The molecule has 0 aromatic carbocycles. The quantitative estimate of drug-likeness (QED) is 0.0262. The van der Waals surface area contributed by atoms with Crippen molar-refractivity contribution in [1.82, 2.24) is 0 Å². The number of rotatable bonds is 49. The van der Waals surface area contributed by atoms with Gasteiger partial charge in [0.05, 0.1) is 0 Å². The van der Waals surface area contributed by atoms with Gasteiger partial charge >= 0.3 is 17.9 Å². The maximum atomic E-state index is 12.9. The van der Waals surface area contributed by atoms with Gasteiger partial charge in [-0.2, -0.15) is 0 Å². The van der Waals surface area contributed by atoms with Gasteiger partial charge in [0.2, 0.25) is 0 Å². The van der Waals surface area contributed by atoms with Crippen molar-refractivity contribution in [3.63, 3.8) is 0 Å². The van der Waals surface area contributed by atoms with Crippen LogP contribution >= 0.6 is 0 Å². The minimum Gasteiger partial charge on any atom is -0.462 e. The van der Waals surface area contributed by atoms with Crippen molar-refractivity contribution in [3.05, 3.63) is 146 Å². The second kappa shape index (κ2) is 57.9. The van der Waals surface area contributed by atoms with Crippen LogP contribution in [0.3, 0.4) is 0 Å². The Morgan fingerprint density at radius 3 is 0.873 bits per heavy atom. The summed E-state index contributed by atoms with van der Waals surface area (Å²) in [6, 6.07) is 0. The Morgan fingerprint density at radius 1 is 0.296 bits per heavy atom. The van der Waals surface area contributed by atoms with Gasteiger partial charge in [-0.1, -0.05) is 212 Å². The second-order valence-electron chi connectivity index (χ2n) is 18.1. The number of carbonyl (C=O) groups excluding carboxylic acids is 3. The van der Waals surface area contributed by atoms with Crippen molar-refractivity contribution in [3.8, 4) is 0 Å². The molecule has 0 amide bonds. The highest BCUT2D eigenvalue weighted by Crippen LogP contribution is 2.12. The molecule has 0 saturated heterocycles. The zero-order valence-electron chi connectivity index (χ0n) is 45.4. The van der Waals surface area contributed by atoms with Crippen molar-refractivity contribution < 1.29 is 28.6 Å². The zero-order valence-corrected chi connectivity index (χ0v) is 45.4. The molecule has 0 N–H and O–H groups in total. The molecular formula is C65H102O6. The molecule has 0 bridgehead atoms. The summed E-state index contributed by atoms with van der Waals surface area (Å²) in [6.07, 6.45) is 82.6. The number of esters is 3. The summed E-state index contributed by atoms with van der Waals surface area (Å²) in [5.41, 5.74) is 0. The molecular weight excluding hydrogens is 877 g/mol. The number of unbranched alkanes of at least 4 members (excludes halogenated alkanes) is 14. The number of ether oxygens (including phenoxy) is 3. The van der Waals surface area contributed by atoms with Gasteiger partial charge < -0.3 is 14.2 Å². The Bertz CT molecular complexity index is 1590. The van der Waals surface area contributed by atoms with Gasteiger partial charge in [-0.15, -0.1) is 0 Å². The van der Waals surface area contributed by atoms with Crippen LogP contribution in [0.1, 0.15) is 226 Å². The lowest BCUT2D eigenvalue weighted by molar-refractivity contribution is -0.167. The van der Waals surface area contributed by atoms with E-state index in [9.17, 15) is 14.4 Å². The van der Waals surface area contributed by atoms with Crippen LogP contribution in [-0.4, -0.2) is 37.2 Å². The van der Waals surface area contributed by atoms with Crippen molar-refractivity contribution in [1.29, 1.82) is 0 Å². The first-order chi connectivity index (χ1) is 35.0. The molecule has 71 heavy (non-hydrogen) atoms. The Balaban J connectivity index is 4.57. The van der Waals surface area contributed by atoms with E-state index in [4.69, 9.17) is 14.2 Å². The van der Waals surface area contributed by atoms with Crippen LogP contribution in [0.2, 0.25) is 0 Å². The summed E-state index contributed by atoms with van der Waals surface area (Å²) < 4.78 is 16.8. The van der Waals surface area contributed by atoms with E-state index < -0.39 is 6.10 Å². The summed E-state index contributed by atoms with van der Waals surface area (Å²) in [7, 11) is 0. The lowest BCUT2D eigenvalue weighted by Crippen LogP contribution is -2.30. The van der Waals surface area contributed by atoms with Gasteiger partial charge in [0, 0.05) is 19.3 Å². The molecule has 0 spiro atoms. The molecule has 6 nitrogen and oxygen atoms in total. The van der Waals surface area contributed by atoms with Gasteiger partial charge in [0.15, 0.2) is 6.10 Å². The molecule has 0 aliphatic heterocycles. The van der Waals surface area contributed by atoms with Gasteiger partial charge in [-0.05, 0) is 141 Å². The summed E-state index contributed by atoms with van der Waals surface area (Å²) in [4.78, 5) is 38.2. The molecule has 6 heteroatoms. The third-order valence-electron chi connectivity index (χ3n) is 11.3. The maximum absolute atomic E-state index is 12.9. The Kier molecular flexibility index (Phi) is 54.0. The Hall–Kier alpha value is -4.71. The van der Waals surface area contributed by atoms with Crippen LogP contribution in [0.5, 0.6) is 0 Å². The van der Waals surface area contributed by atoms with E-state index in [2.05, 4.69) is 167 Å².